The maximum absolute atomic E-state index is 6.23. The van der Waals surface area contributed by atoms with Crippen LogP contribution in [0.1, 0.15) is 31.4 Å². The Kier molecular flexibility index (Phi) is 4.54. The molecule has 2 atom stereocenters. The number of benzene rings is 1. The van der Waals surface area contributed by atoms with E-state index in [1.54, 1.807) is 0 Å². The van der Waals surface area contributed by atoms with Crippen molar-refractivity contribution in [3.8, 4) is 0 Å². The van der Waals surface area contributed by atoms with E-state index in [0.29, 0.717) is 5.38 Å². The normalized spacial score (nSPS) is 23.1. The van der Waals surface area contributed by atoms with Gasteiger partial charge in [0.05, 0.1) is 11.2 Å². The second-order valence-electron chi connectivity index (χ2n) is 5.76. The van der Waals surface area contributed by atoms with Crippen molar-refractivity contribution in [3.63, 3.8) is 0 Å². The van der Waals surface area contributed by atoms with Gasteiger partial charge in [0.15, 0.2) is 0 Å². The van der Waals surface area contributed by atoms with Gasteiger partial charge in [-0.1, -0.05) is 30.7 Å². The first kappa shape index (κ1) is 13.8. The third kappa shape index (κ3) is 3.50. The highest BCUT2D eigenvalue weighted by atomic mass is 35.5. The molecular formula is C17H21ClN2. The zero-order chi connectivity index (χ0) is 13.8. The topological polar surface area (TPSA) is 24.9 Å². The highest BCUT2D eigenvalue weighted by Crippen LogP contribution is 2.27. The molecule has 3 rings (SSSR count). The molecule has 0 amide bonds. The molecule has 2 aromatic rings. The number of nitrogens with one attached hydrogen (secondary N) is 1. The molecule has 0 saturated heterocycles. The van der Waals surface area contributed by atoms with E-state index in [2.05, 4.69) is 34.6 Å². The summed E-state index contributed by atoms with van der Waals surface area (Å²) in [6.07, 6.45) is 4.92. The molecule has 0 aliphatic heterocycles. The van der Waals surface area contributed by atoms with E-state index in [-0.39, 0.29) is 0 Å². The summed E-state index contributed by atoms with van der Waals surface area (Å²) in [4.78, 5) is 4.68. The van der Waals surface area contributed by atoms with E-state index in [9.17, 15) is 0 Å². The second-order valence-corrected chi connectivity index (χ2v) is 6.37. The highest BCUT2D eigenvalue weighted by molar-refractivity contribution is 6.20. The van der Waals surface area contributed by atoms with Crippen LogP contribution in [0.5, 0.6) is 0 Å². The van der Waals surface area contributed by atoms with Crippen molar-refractivity contribution in [2.75, 3.05) is 6.54 Å². The van der Waals surface area contributed by atoms with Crippen LogP contribution in [-0.2, 0) is 6.54 Å². The van der Waals surface area contributed by atoms with Crippen LogP contribution in [-0.4, -0.2) is 16.9 Å². The predicted molar refractivity (Wildman–Crippen MR) is 85.0 cm³/mol. The van der Waals surface area contributed by atoms with Crippen molar-refractivity contribution in [3.05, 3.63) is 42.1 Å². The molecule has 1 fully saturated rings. The number of halogens is 1. The molecule has 0 spiro atoms. The number of hydrogen-bond donors (Lipinski definition) is 1. The van der Waals surface area contributed by atoms with Gasteiger partial charge in [0.2, 0.25) is 0 Å². The van der Waals surface area contributed by atoms with Crippen LogP contribution in [0.25, 0.3) is 10.9 Å². The van der Waals surface area contributed by atoms with Gasteiger partial charge in [-0.05, 0) is 43.9 Å². The van der Waals surface area contributed by atoms with Crippen LogP contribution < -0.4 is 5.32 Å². The molecule has 106 valence electrons. The maximum atomic E-state index is 6.23. The first-order valence-corrected chi connectivity index (χ1v) is 7.94. The fraction of sp³-hybridized carbons (Fsp3) is 0.471. The zero-order valence-electron chi connectivity index (χ0n) is 11.7. The van der Waals surface area contributed by atoms with E-state index < -0.39 is 0 Å². The Hall–Kier alpha value is -1.12. The first-order chi connectivity index (χ1) is 9.81. The summed E-state index contributed by atoms with van der Waals surface area (Å²) in [5, 5.41) is 5.12. The van der Waals surface area contributed by atoms with Crippen molar-refractivity contribution in [1.29, 1.82) is 0 Å². The lowest BCUT2D eigenvalue weighted by molar-refractivity contribution is 0.346. The van der Waals surface area contributed by atoms with Crippen molar-refractivity contribution in [1.82, 2.24) is 10.3 Å². The van der Waals surface area contributed by atoms with Crippen LogP contribution in [0.4, 0.5) is 0 Å². The van der Waals surface area contributed by atoms with Crippen LogP contribution >= 0.6 is 11.6 Å². The minimum absolute atomic E-state index is 0.384. The van der Waals surface area contributed by atoms with Gasteiger partial charge >= 0.3 is 0 Å². The van der Waals surface area contributed by atoms with E-state index in [1.807, 2.05) is 12.1 Å². The smallest absolute Gasteiger partial charge is 0.0705 e. The number of para-hydroxylation sites is 1. The van der Waals surface area contributed by atoms with Gasteiger partial charge in [0.1, 0.15) is 0 Å². The maximum Gasteiger partial charge on any atom is 0.0705 e. The lowest BCUT2D eigenvalue weighted by Crippen LogP contribution is -2.27. The Morgan fingerprint density at radius 1 is 1.15 bits per heavy atom. The zero-order valence-corrected chi connectivity index (χ0v) is 12.4. The van der Waals surface area contributed by atoms with Crippen LogP contribution in [0, 0.1) is 5.92 Å². The van der Waals surface area contributed by atoms with Gasteiger partial charge in [-0.25, -0.2) is 0 Å². The summed E-state index contributed by atoms with van der Waals surface area (Å²) in [6, 6.07) is 12.5. The number of fused-ring (bicyclic) bond motifs is 1. The summed E-state index contributed by atoms with van der Waals surface area (Å²) < 4.78 is 0. The minimum Gasteiger partial charge on any atom is -0.311 e. The average molecular weight is 289 g/mol. The molecule has 2 unspecified atom stereocenters. The Balaban J connectivity index is 1.54. The molecule has 2 nitrogen and oxygen atoms in total. The van der Waals surface area contributed by atoms with Gasteiger partial charge in [-0.15, -0.1) is 11.6 Å². The molecule has 1 heterocycles. The van der Waals surface area contributed by atoms with Gasteiger partial charge in [-0.2, -0.15) is 0 Å². The summed E-state index contributed by atoms with van der Waals surface area (Å²) in [7, 11) is 0. The van der Waals surface area contributed by atoms with Crippen LogP contribution in [0.15, 0.2) is 36.4 Å². The molecule has 1 aromatic heterocycles. The third-order valence-corrected chi connectivity index (χ3v) is 4.51. The molecule has 1 N–H and O–H groups in total. The van der Waals surface area contributed by atoms with Crippen molar-refractivity contribution in [2.24, 2.45) is 5.92 Å². The molecule has 1 aliphatic carbocycles. The molecule has 1 aromatic carbocycles. The number of rotatable bonds is 4. The van der Waals surface area contributed by atoms with E-state index >= 15 is 0 Å². The van der Waals surface area contributed by atoms with Crippen molar-refractivity contribution in [2.45, 2.75) is 37.6 Å². The second kappa shape index (κ2) is 6.55. The van der Waals surface area contributed by atoms with Crippen LogP contribution in [0.2, 0.25) is 0 Å². The SMILES string of the molecule is ClC1CCCC(CNCc2ccc3ccccc3n2)C1. The quantitative estimate of drug-likeness (QED) is 0.856. The highest BCUT2D eigenvalue weighted by Gasteiger charge is 2.19. The van der Waals surface area contributed by atoms with Crippen molar-refractivity contribution < 1.29 is 0 Å². The standard InChI is InChI=1S/C17H21ClN2/c18-15-6-3-4-13(10-15)11-19-12-16-9-8-14-5-1-2-7-17(14)20-16/h1-2,5,7-9,13,15,19H,3-4,6,10-12H2. The molecule has 0 radical (unpaired) electrons. The fourth-order valence-corrected chi connectivity index (χ4v) is 3.43. The lowest BCUT2D eigenvalue weighted by atomic mass is 9.89. The number of hydrogen-bond acceptors (Lipinski definition) is 2. The van der Waals surface area contributed by atoms with Gasteiger partial charge < -0.3 is 5.32 Å². The monoisotopic (exact) mass is 288 g/mol. The largest absolute Gasteiger partial charge is 0.311 e. The molecule has 1 aliphatic rings. The Morgan fingerprint density at radius 3 is 2.95 bits per heavy atom. The first-order valence-electron chi connectivity index (χ1n) is 7.51. The summed E-state index contributed by atoms with van der Waals surface area (Å²) in [5.74, 6) is 0.728. The summed E-state index contributed by atoms with van der Waals surface area (Å²) >= 11 is 6.23. The molecule has 20 heavy (non-hydrogen) atoms. The van der Waals surface area contributed by atoms with E-state index in [0.717, 1.165) is 36.6 Å². The third-order valence-electron chi connectivity index (χ3n) is 4.11. The number of alkyl halides is 1. The molecule has 3 heteroatoms. The van der Waals surface area contributed by atoms with Gasteiger partial charge in [0, 0.05) is 17.3 Å². The number of aromatic nitrogens is 1. The van der Waals surface area contributed by atoms with Gasteiger partial charge in [-0.3, -0.25) is 4.98 Å². The summed E-state index contributed by atoms with van der Waals surface area (Å²) in [6.45, 7) is 1.89. The van der Waals surface area contributed by atoms with E-state index in [4.69, 9.17) is 11.6 Å². The van der Waals surface area contributed by atoms with Gasteiger partial charge in [0.25, 0.3) is 0 Å². The van der Waals surface area contributed by atoms with Crippen molar-refractivity contribution >= 4 is 22.5 Å². The number of pyridine rings is 1. The Morgan fingerprint density at radius 2 is 2.05 bits per heavy atom. The predicted octanol–water partition coefficient (Wildman–Crippen LogP) is 4.12. The fourth-order valence-electron chi connectivity index (χ4n) is 3.02. The number of nitrogens with zero attached hydrogens (tertiary/aromatic N) is 1. The lowest BCUT2D eigenvalue weighted by Gasteiger charge is -2.25. The Labute approximate surface area is 125 Å². The Bertz CT molecular complexity index is 570. The molecular weight excluding hydrogens is 268 g/mol. The molecule has 0 bridgehead atoms. The van der Waals surface area contributed by atoms with E-state index in [1.165, 1.54) is 24.6 Å². The van der Waals surface area contributed by atoms with Crippen LogP contribution in [0.3, 0.4) is 0 Å². The summed E-state index contributed by atoms with van der Waals surface area (Å²) in [5.41, 5.74) is 2.19. The minimum atomic E-state index is 0.384. The molecule has 1 saturated carbocycles. The average Bonchev–Trinajstić information content (AvgIpc) is 2.47.